The minimum Gasteiger partial charge on any atom is -0.478 e. The Morgan fingerprint density at radius 2 is 2.11 bits per heavy atom. The second kappa shape index (κ2) is 5.01. The van der Waals surface area contributed by atoms with Crippen LogP contribution in [-0.4, -0.2) is 16.1 Å². The van der Waals surface area contributed by atoms with Crippen molar-refractivity contribution in [2.75, 3.05) is 5.32 Å². The Hall–Kier alpha value is -2.50. The molecule has 1 aromatic carbocycles. The van der Waals surface area contributed by atoms with Crippen LogP contribution in [0.3, 0.4) is 0 Å². The molecule has 0 atom stereocenters. The lowest BCUT2D eigenvalue weighted by molar-refractivity contribution is 0.0697. The maximum atomic E-state index is 13.4. The van der Waals surface area contributed by atoms with E-state index in [1.54, 1.807) is 13.0 Å². The molecule has 2 rings (SSSR count). The summed E-state index contributed by atoms with van der Waals surface area (Å²) in [6.45, 7) is 1.54. The summed E-state index contributed by atoms with van der Waals surface area (Å²) in [5.41, 5.74) is 0.384. The summed E-state index contributed by atoms with van der Waals surface area (Å²) >= 11 is 0. The summed E-state index contributed by atoms with van der Waals surface area (Å²) in [4.78, 5) is 14.7. The highest BCUT2D eigenvalue weighted by molar-refractivity contribution is 5.94. The van der Waals surface area contributed by atoms with E-state index in [-0.39, 0.29) is 11.4 Å². The smallest absolute Gasteiger partial charge is 0.339 e. The molecule has 0 aliphatic carbocycles. The van der Waals surface area contributed by atoms with Crippen molar-refractivity contribution in [1.82, 2.24) is 4.98 Å². The average molecular weight is 264 g/mol. The Morgan fingerprint density at radius 3 is 2.79 bits per heavy atom. The first-order valence-electron chi connectivity index (χ1n) is 5.40. The highest BCUT2D eigenvalue weighted by atomic mass is 19.1. The van der Waals surface area contributed by atoms with Gasteiger partial charge in [-0.1, -0.05) is 6.07 Å². The zero-order valence-electron chi connectivity index (χ0n) is 9.95. The fourth-order valence-electron chi connectivity index (χ4n) is 1.57. The van der Waals surface area contributed by atoms with Gasteiger partial charge in [0, 0.05) is 11.3 Å². The van der Waals surface area contributed by atoms with E-state index < -0.39 is 17.6 Å². The number of benzene rings is 1. The van der Waals surface area contributed by atoms with Crippen LogP contribution in [-0.2, 0) is 0 Å². The van der Waals surface area contributed by atoms with E-state index >= 15 is 0 Å². The molecule has 2 N–H and O–H groups in total. The summed E-state index contributed by atoms with van der Waals surface area (Å²) in [5.74, 6) is -2.53. The zero-order chi connectivity index (χ0) is 14.0. The van der Waals surface area contributed by atoms with Crippen LogP contribution < -0.4 is 5.32 Å². The van der Waals surface area contributed by atoms with Gasteiger partial charge in [-0.05, 0) is 25.1 Å². The van der Waals surface area contributed by atoms with E-state index in [0.29, 0.717) is 11.3 Å². The molecular weight excluding hydrogens is 254 g/mol. The number of pyridine rings is 1. The molecule has 0 saturated carbocycles. The van der Waals surface area contributed by atoms with Gasteiger partial charge >= 0.3 is 5.97 Å². The SMILES string of the molecule is Cc1c(F)cccc1Nc1ncc(F)cc1C(=O)O. The van der Waals surface area contributed by atoms with Crippen molar-refractivity contribution < 1.29 is 18.7 Å². The molecule has 2 aromatic rings. The van der Waals surface area contributed by atoms with Gasteiger partial charge in [0.15, 0.2) is 0 Å². The number of carboxylic acid groups (broad SMARTS) is 1. The molecule has 0 spiro atoms. The van der Waals surface area contributed by atoms with Crippen LogP contribution in [0.5, 0.6) is 0 Å². The zero-order valence-corrected chi connectivity index (χ0v) is 9.95. The van der Waals surface area contributed by atoms with Crippen molar-refractivity contribution in [1.29, 1.82) is 0 Å². The number of carbonyl (C=O) groups is 1. The van der Waals surface area contributed by atoms with Crippen LogP contribution in [0.2, 0.25) is 0 Å². The number of anilines is 2. The molecule has 0 aliphatic heterocycles. The second-order valence-electron chi connectivity index (χ2n) is 3.89. The quantitative estimate of drug-likeness (QED) is 0.894. The predicted molar refractivity (Wildman–Crippen MR) is 65.6 cm³/mol. The first kappa shape index (κ1) is 12.9. The third-order valence-electron chi connectivity index (χ3n) is 2.61. The molecule has 0 radical (unpaired) electrons. The minimum atomic E-state index is -1.32. The number of nitrogens with zero attached hydrogens (tertiary/aromatic N) is 1. The highest BCUT2D eigenvalue weighted by Crippen LogP contribution is 2.23. The molecule has 0 fully saturated rings. The first-order valence-corrected chi connectivity index (χ1v) is 5.40. The van der Waals surface area contributed by atoms with Crippen LogP contribution >= 0.6 is 0 Å². The van der Waals surface area contributed by atoms with E-state index in [9.17, 15) is 13.6 Å². The lowest BCUT2D eigenvalue weighted by Crippen LogP contribution is -2.06. The number of rotatable bonds is 3. The molecule has 0 unspecified atom stereocenters. The number of aromatic carboxylic acids is 1. The summed E-state index contributed by atoms with van der Waals surface area (Å²) < 4.78 is 26.3. The summed E-state index contributed by atoms with van der Waals surface area (Å²) in [7, 11) is 0. The fourth-order valence-corrected chi connectivity index (χ4v) is 1.57. The van der Waals surface area contributed by atoms with E-state index in [1.165, 1.54) is 12.1 Å². The molecule has 1 aromatic heterocycles. The molecule has 0 aliphatic rings. The van der Waals surface area contributed by atoms with Gasteiger partial charge in [-0.25, -0.2) is 18.6 Å². The molecule has 0 amide bonds. The highest BCUT2D eigenvalue weighted by Gasteiger charge is 2.14. The van der Waals surface area contributed by atoms with Crippen molar-refractivity contribution >= 4 is 17.5 Å². The fraction of sp³-hybridized carbons (Fsp3) is 0.0769. The van der Waals surface area contributed by atoms with Gasteiger partial charge in [0.25, 0.3) is 0 Å². The van der Waals surface area contributed by atoms with Crippen molar-refractivity contribution in [2.24, 2.45) is 0 Å². The molecule has 98 valence electrons. The maximum Gasteiger partial charge on any atom is 0.339 e. The monoisotopic (exact) mass is 264 g/mol. The van der Waals surface area contributed by atoms with Crippen molar-refractivity contribution in [3.05, 3.63) is 53.2 Å². The summed E-state index contributed by atoms with van der Waals surface area (Å²) in [5, 5.41) is 11.7. The number of carboxylic acids is 1. The number of hydrogen-bond donors (Lipinski definition) is 2. The normalized spacial score (nSPS) is 10.3. The lowest BCUT2D eigenvalue weighted by atomic mass is 10.1. The van der Waals surface area contributed by atoms with Gasteiger partial charge in [-0.3, -0.25) is 0 Å². The van der Waals surface area contributed by atoms with Crippen LogP contribution in [0.25, 0.3) is 0 Å². The molecule has 19 heavy (non-hydrogen) atoms. The maximum absolute atomic E-state index is 13.4. The first-order chi connectivity index (χ1) is 8.99. The summed E-state index contributed by atoms with van der Waals surface area (Å²) in [6.07, 6.45) is 0.892. The van der Waals surface area contributed by atoms with E-state index in [2.05, 4.69) is 10.3 Å². The Morgan fingerprint density at radius 1 is 1.37 bits per heavy atom. The van der Waals surface area contributed by atoms with Gasteiger partial charge in [0.1, 0.15) is 23.0 Å². The Balaban J connectivity index is 2.44. The standard InChI is InChI=1S/C13H10F2N2O2/c1-7-10(15)3-2-4-11(7)17-12-9(13(18)19)5-8(14)6-16-12/h2-6H,1H3,(H,16,17)(H,18,19). The topological polar surface area (TPSA) is 62.2 Å². The van der Waals surface area contributed by atoms with E-state index in [0.717, 1.165) is 12.3 Å². The van der Waals surface area contributed by atoms with Crippen molar-refractivity contribution in [2.45, 2.75) is 6.92 Å². The Bertz CT molecular complexity index is 645. The van der Waals surface area contributed by atoms with Gasteiger partial charge in [-0.15, -0.1) is 0 Å². The Labute approximate surface area is 107 Å². The van der Waals surface area contributed by atoms with Gasteiger partial charge < -0.3 is 10.4 Å². The van der Waals surface area contributed by atoms with E-state index in [1.807, 2.05) is 0 Å². The molecular formula is C13H10F2N2O2. The molecule has 6 heteroatoms. The Kier molecular flexibility index (Phi) is 3.41. The third-order valence-corrected chi connectivity index (χ3v) is 2.61. The second-order valence-corrected chi connectivity index (χ2v) is 3.89. The molecule has 1 heterocycles. The minimum absolute atomic E-state index is 0.0393. The third kappa shape index (κ3) is 2.67. The van der Waals surface area contributed by atoms with Crippen molar-refractivity contribution in [3.8, 4) is 0 Å². The molecule has 0 saturated heterocycles. The van der Waals surface area contributed by atoms with Gasteiger partial charge in [0.05, 0.1) is 6.20 Å². The van der Waals surface area contributed by atoms with Crippen LogP contribution in [0, 0.1) is 18.6 Å². The summed E-state index contributed by atoms with van der Waals surface area (Å²) in [6, 6.07) is 5.20. The molecule has 0 bridgehead atoms. The average Bonchev–Trinajstić information content (AvgIpc) is 2.36. The largest absolute Gasteiger partial charge is 0.478 e. The van der Waals surface area contributed by atoms with Gasteiger partial charge in [-0.2, -0.15) is 0 Å². The van der Waals surface area contributed by atoms with Crippen LogP contribution in [0.1, 0.15) is 15.9 Å². The van der Waals surface area contributed by atoms with Crippen LogP contribution in [0.4, 0.5) is 20.3 Å². The van der Waals surface area contributed by atoms with Crippen molar-refractivity contribution in [3.63, 3.8) is 0 Å². The van der Waals surface area contributed by atoms with Gasteiger partial charge in [0.2, 0.25) is 0 Å². The lowest BCUT2D eigenvalue weighted by Gasteiger charge is -2.11. The number of halogens is 2. The predicted octanol–water partition coefficient (Wildman–Crippen LogP) is 3.11. The molecule has 4 nitrogen and oxygen atoms in total. The number of nitrogens with one attached hydrogen (secondary N) is 1. The number of aromatic nitrogens is 1. The number of hydrogen-bond acceptors (Lipinski definition) is 3. The van der Waals surface area contributed by atoms with E-state index in [4.69, 9.17) is 5.11 Å². The van der Waals surface area contributed by atoms with Crippen LogP contribution in [0.15, 0.2) is 30.5 Å².